The van der Waals surface area contributed by atoms with Crippen molar-refractivity contribution in [2.45, 2.75) is 90.0 Å². The fourth-order valence-electron chi connectivity index (χ4n) is 4.58. The van der Waals surface area contributed by atoms with Crippen molar-refractivity contribution in [3.8, 4) is 0 Å². The second-order valence-electron chi connectivity index (χ2n) is 9.27. The van der Waals surface area contributed by atoms with Crippen molar-refractivity contribution in [1.82, 2.24) is 0 Å². The molecule has 0 fully saturated rings. The van der Waals surface area contributed by atoms with Crippen molar-refractivity contribution in [3.63, 3.8) is 0 Å². The summed E-state index contributed by atoms with van der Waals surface area (Å²) in [5.74, 6) is 0. The molecular weight excluding hydrogens is 468 g/mol. The lowest BCUT2D eigenvalue weighted by molar-refractivity contribution is 1.32. The van der Waals surface area contributed by atoms with Crippen LogP contribution < -0.4 is 0 Å². The first-order valence-corrected chi connectivity index (χ1v) is 14.7. The van der Waals surface area contributed by atoms with Crippen LogP contribution in [-0.2, 0) is 0 Å². The van der Waals surface area contributed by atoms with E-state index in [1.54, 1.807) is 0 Å². The van der Waals surface area contributed by atoms with Gasteiger partial charge in [0.25, 0.3) is 0 Å². The highest BCUT2D eigenvalue weighted by Crippen LogP contribution is 2.20. The number of hydrogen-bond donors (Lipinski definition) is 0. The minimum absolute atomic E-state index is 1.34. The molecule has 0 nitrogen and oxygen atoms in total. The molecule has 0 aliphatic heterocycles. The molecule has 0 aliphatic rings. The summed E-state index contributed by atoms with van der Waals surface area (Å²) in [6.07, 6.45) is 0. The molecule has 0 aliphatic carbocycles. The fourth-order valence-corrected chi connectivity index (χ4v) is 4.58. The van der Waals surface area contributed by atoms with Gasteiger partial charge in [-0.15, -0.1) is 0 Å². The Morgan fingerprint density at radius 3 is 0.872 bits per heavy atom. The number of benzene rings is 5. The Balaban J connectivity index is 0.000000511. The monoisotopic (exact) mass is 522 g/mol. The molecule has 0 atom stereocenters. The van der Waals surface area contributed by atoms with Gasteiger partial charge in [0.05, 0.1) is 0 Å². The van der Waals surface area contributed by atoms with E-state index in [0.29, 0.717) is 0 Å². The molecule has 0 saturated heterocycles. The first kappa shape index (κ1) is 35.6. The first-order valence-electron chi connectivity index (χ1n) is 14.7. The topological polar surface area (TPSA) is 0 Å². The van der Waals surface area contributed by atoms with E-state index >= 15 is 0 Å². The van der Waals surface area contributed by atoms with Crippen molar-refractivity contribution in [2.75, 3.05) is 0 Å². The molecule has 0 aromatic heterocycles. The molecule has 0 amide bonds. The minimum Gasteiger partial charge on any atom is -0.0683 e. The maximum Gasteiger partial charge on any atom is -0.0155 e. The lowest BCUT2D eigenvalue weighted by atomic mass is 10.0. The predicted molar refractivity (Wildman–Crippen MR) is 182 cm³/mol. The van der Waals surface area contributed by atoms with Crippen LogP contribution in [0.5, 0.6) is 0 Å². The highest BCUT2D eigenvalue weighted by Gasteiger charge is 1.97. The molecule has 0 radical (unpaired) electrons. The quantitative estimate of drug-likeness (QED) is 0.190. The van der Waals surface area contributed by atoms with Gasteiger partial charge in [-0.1, -0.05) is 160 Å². The summed E-state index contributed by atoms with van der Waals surface area (Å²) < 4.78 is 0. The lowest BCUT2D eigenvalue weighted by Crippen LogP contribution is -1.80. The largest absolute Gasteiger partial charge is 0.0683 e. The van der Waals surface area contributed by atoms with Crippen molar-refractivity contribution >= 4 is 21.5 Å². The van der Waals surface area contributed by atoms with Gasteiger partial charge in [-0.05, 0) is 81.1 Å². The Morgan fingerprint density at radius 1 is 0.308 bits per heavy atom. The molecule has 0 unspecified atom stereocenters. The molecule has 210 valence electrons. The third-order valence-corrected chi connectivity index (χ3v) is 5.79. The number of rotatable bonds is 0. The summed E-state index contributed by atoms with van der Waals surface area (Å²) in [5.41, 5.74) is 9.47. The van der Waals surface area contributed by atoms with Gasteiger partial charge >= 0.3 is 0 Å². The normalized spacial score (nSPS) is 9.15. The molecule has 0 spiro atoms. The smallest absolute Gasteiger partial charge is 0.0155 e. The van der Waals surface area contributed by atoms with Gasteiger partial charge in [-0.2, -0.15) is 0 Å². The third-order valence-electron chi connectivity index (χ3n) is 5.79. The van der Waals surface area contributed by atoms with Crippen LogP contribution in [0.3, 0.4) is 0 Å². The van der Waals surface area contributed by atoms with E-state index in [2.05, 4.69) is 139 Å². The van der Waals surface area contributed by atoms with Crippen LogP contribution in [0.2, 0.25) is 0 Å². The van der Waals surface area contributed by atoms with E-state index in [9.17, 15) is 0 Å². The molecule has 5 aromatic rings. The third kappa shape index (κ3) is 12.3. The fraction of sp³-hybridized carbons (Fsp3) is 0.333. The van der Waals surface area contributed by atoms with Crippen molar-refractivity contribution < 1.29 is 0 Å². The van der Waals surface area contributed by atoms with E-state index in [1.807, 2.05) is 41.5 Å². The molecule has 39 heavy (non-hydrogen) atoms. The molecule has 0 heterocycles. The minimum atomic E-state index is 1.34. The number of hydrogen-bond acceptors (Lipinski definition) is 0. The van der Waals surface area contributed by atoms with Crippen molar-refractivity contribution in [2.24, 2.45) is 0 Å². The van der Waals surface area contributed by atoms with Crippen LogP contribution in [0.4, 0.5) is 0 Å². The van der Waals surface area contributed by atoms with Crippen LogP contribution in [-0.4, -0.2) is 0 Å². The molecule has 0 heteroatoms. The van der Waals surface area contributed by atoms with Crippen LogP contribution in [0.15, 0.2) is 91.0 Å². The second-order valence-corrected chi connectivity index (χ2v) is 9.27. The Hall–Kier alpha value is -3.38. The van der Waals surface area contributed by atoms with Crippen LogP contribution in [0.25, 0.3) is 21.5 Å². The van der Waals surface area contributed by atoms with Crippen LogP contribution in [0.1, 0.15) is 80.5 Å². The van der Waals surface area contributed by atoms with E-state index in [-0.39, 0.29) is 0 Å². The summed E-state index contributed by atoms with van der Waals surface area (Å²) >= 11 is 0. The summed E-state index contributed by atoms with van der Waals surface area (Å²) in [5, 5.41) is 5.41. The highest BCUT2D eigenvalue weighted by atomic mass is 14.0. The van der Waals surface area contributed by atoms with Gasteiger partial charge in [0.2, 0.25) is 0 Å². The molecule has 0 N–H and O–H groups in total. The van der Waals surface area contributed by atoms with Gasteiger partial charge in [-0.25, -0.2) is 0 Å². The number of aryl methyl sites for hydroxylation is 7. The van der Waals surface area contributed by atoms with E-state index in [1.165, 1.54) is 60.5 Å². The van der Waals surface area contributed by atoms with E-state index < -0.39 is 0 Å². The summed E-state index contributed by atoms with van der Waals surface area (Å²) in [6.45, 7) is 27.0. The number of fused-ring (bicyclic) bond motifs is 2. The van der Waals surface area contributed by atoms with Gasteiger partial charge < -0.3 is 0 Å². The average molecular weight is 523 g/mol. The van der Waals surface area contributed by atoms with Crippen LogP contribution in [0, 0.1) is 48.5 Å². The Morgan fingerprint density at radius 2 is 0.564 bits per heavy atom. The van der Waals surface area contributed by atoms with Gasteiger partial charge in [0.1, 0.15) is 0 Å². The zero-order valence-electron chi connectivity index (χ0n) is 27.2. The van der Waals surface area contributed by atoms with Gasteiger partial charge in [-0.3, -0.25) is 0 Å². The zero-order chi connectivity index (χ0) is 30.0. The SMILES string of the molecule is CC.CC.CC.Cc1cc(C)c2ccccc2c1.Cc1cc(C)c2ccccc2c1.Cc1cc(C)cc(C)c1. The van der Waals surface area contributed by atoms with E-state index in [4.69, 9.17) is 0 Å². The lowest BCUT2D eigenvalue weighted by Gasteiger charge is -2.02. The van der Waals surface area contributed by atoms with Gasteiger partial charge in [0, 0.05) is 0 Å². The molecule has 0 saturated carbocycles. The summed E-state index contributed by atoms with van der Waals surface area (Å²) in [7, 11) is 0. The average Bonchev–Trinajstić information content (AvgIpc) is 2.92. The van der Waals surface area contributed by atoms with Crippen molar-refractivity contribution in [1.29, 1.82) is 0 Å². The first-order chi connectivity index (χ1) is 18.7. The summed E-state index contributed by atoms with van der Waals surface area (Å²) in [6, 6.07) is 32.5. The Kier molecular flexibility index (Phi) is 18.0. The highest BCUT2D eigenvalue weighted by molar-refractivity contribution is 5.86. The van der Waals surface area contributed by atoms with Crippen molar-refractivity contribution in [3.05, 3.63) is 130 Å². The standard InChI is InChI=1S/2C12H12.C9H12.3C2H6/c2*1-9-7-10(2)12-6-4-3-5-11(12)8-9;1-7-4-8(2)6-9(3)5-7;3*1-2/h2*3-8H,1-2H3;4-6H,1-3H3;3*1-2H3. The zero-order valence-corrected chi connectivity index (χ0v) is 27.2. The van der Waals surface area contributed by atoms with Gasteiger partial charge in [0.15, 0.2) is 0 Å². The molecular formula is C39H54. The Labute approximate surface area is 241 Å². The second kappa shape index (κ2) is 19.7. The molecule has 5 rings (SSSR count). The molecule has 5 aromatic carbocycles. The Bertz CT molecular complexity index is 1240. The van der Waals surface area contributed by atoms with Crippen LogP contribution >= 0.6 is 0 Å². The maximum atomic E-state index is 2.22. The maximum absolute atomic E-state index is 2.22. The summed E-state index contributed by atoms with van der Waals surface area (Å²) in [4.78, 5) is 0. The molecule has 0 bridgehead atoms. The van der Waals surface area contributed by atoms with E-state index in [0.717, 1.165) is 0 Å². The predicted octanol–water partition coefficient (Wildman–Crippen LogP) is 12.6.